The third-order valence-electron chi connectivity index (χ3n) is 2.07. The van der Waals surface area contributed by atoms with Crippen molar-refractivity contribution in [3.63, 3.8) is 0 Å². The minimum absolute atomic E-state index is 0.514. The molecule has 0 atom stereocenters. The van der Waals surface area contributed by atoms with Crippen LogP contribution in [0.15, 0.2) is 18.2 Å². The number of nitrogens with zero attached hydrogens (tertiary/aromatic N) is 1. The van der Waals surface area contributed by atoms with Gasteiger partial charge in [-0.05, 0) is 24.1 Å². The van der Waals surface area contributed by atoms with Crippen molar-refractivity contribution >= 4 is 15.9 Å². The van der Waals surface area contributed by atoms with Gasteiger partial charge in [0, 0.05) is 11.8 Å². The highest BCUT2D eigenvalue weighted by Gasteiger charge is 2.05. The van der Waals surface area contributed by atoms with Crippen molar-refractivity contribution in [2.24, 2.45) is 0 Å². The van der Waals surface area contributed by atoms with Gasteiger partial charge in [-0.15, -0.1) is 0 Å². The summed E-state index contributed by atoms with van der Waals surface area (Å²) in [5.41, 5.74) is 1.14. The summed E-state index contributed by atoms with van der Waals surface area (Å²) in [6, 6.07) is 7.90. The highest BCUT2D eigenvalue weighted by atomic mass is 79.9. The van der Waals surface area contributed by atoms with Crippen molar-refractivity contribution in [1.29, 1.82) is 5.26 Å². The standard InChI is InChI=1S/C12H14BrNO2/c1-15-11-5-4-10(9-13)8-12(11)16-7-3-2-6-14/h4-5,8H,2-3,7,9H2,1H3. The molecule has 0 heterocycles. The normalized spacial score (nSPS) is 9.56. The largest absolute Gasteiger partial charge is 0.493 e. The van der Waals surface area contributed by atoms with E-state index in [1.165, 1.54) is 0 Å². The molecule has 3 nitrogen and oxygen atoms in total. The average molecular weight is 284 g/mol. The van der Waals surface area contributed by atoms with E-state index in [1.54, 1.807) is 7.11 Å². The van der Waals surface area contributed by atoms with Gasteiger partial charge >= 0.3 is 0 Å². The molecule has 1 aromatic rings. The highest BCUT2D eigenvalue weighted by Crippen LogP contribution is 2.28. The van der Waals surface area contributed by atoms with Crippen LogP contribution in [0.4, 0.5) is 0 Å². The van der Waals surface area contributed by atoms with Crippen LogP contribution in [0.2, 0.25) is 0 Å². The zero-order valence-electron chi connectivity index (χ0n) is 9.20. The molecule has 86 valence electrons. The van der Waals surface area contributed by atoms with Crippen molar-refractivity contribution in [1.82, 2.24) is 0 Å². The maximum absolute atomic E-state index is 8.41. The van der Waals surface area contributed by atoms with Gasteiger partial charge in [0.05, 0.1) is 19.8 Å². The van der Waals surface area contributed by atoms with Gasteiger partial charge in [-0.3, -0.25) is 0 Å². The molecule has 16 heavy (non-hydrogen) atoms. The van der Waals surface area contributed by atoms with E-state index in [1.807, 2.05) is 18.2 Å². The third kappa shape index (κ3) is 3.74. The summed E-state index contributed by atoms with van der Waals surface area (Å²) < 4.78 is 10.8. The SMILES string of the molecule is COc1ccc(CBr)cc1OCCCC#N. The zero-order chi connectivity index (χ0) is 11.8. The number of hydrogen-bond acceptors (Lipinski definition) is 3. The number of unbranched alkanes of at least 4 members (excludes halogenated alkanes) is 1. The number of methoxy groups -OCH3 is 1. The number of nitriles is 1. The molecule has 0 bridgehead atoms. The van der Waals surface area contributed by atoms with E-state index in [2.05, 4.69) is 22.0 Å². The third-order valence-corrected chi connectivity index (χ3v) is 2.72. The van der Waals surface area contributed by atoms with E-state index in [4.69, 9.17) is 14.7 Å². The number of halogens is 1. The fourth-order valence-corrected chi connectivity index (χ4v) is 1.60. The summed E-state index contributed by atoms with van der Waals surface area (Å²) in [5, 5.41) is 9.19. The Balaban J connectivity index is 2.64. The van der Waals surface area contributed by atoms with Gasteiger partial charge in [-0.2, -0.15) is 5.26 Å². The van der Waals surface area contributed by atoms with Crippen LogP contribution in [-0.2, 0) is 5.33 Å². The molecule has 1 aromatic carbocycles. The van der Waals surface area contributed by atoms with Crippen molar-refractivity contribution in [3.8, 4) is 17.6 Å². The van der Waals surface area contributed by atoms with Gasteiger partial charge in [0.15, 0.2) is 11.5 Å². The van der Waals surface area contributed by atoms with Gasteiger partial charge in [0.25, 0.3) is 0 Å². The quantitative estimate of drug-likeness (QED) is 0.594. The summed E-state index contributed by atoms with van der Waals surface area (Å²) >= 11 is 3.39. The molecule has 0 fully saturated rings. The Morgan fingerprint density at radius 2 is 2.19 bits per heavy atom. The van der Waals surface area contributed by atoms with Crippen LogP contribution in [0, 0.1) is 11.3 Å². The van der Waals surface area contributed by atoms with Crippen LogP contribution in [0.5, 0.6) is 11.5 Å². The monoisotopic (exact) mass is 283 g/mol. The first kappa shape index (κ1) is 12.9. The summed E-state index contributed by atoms with van der Waals surface area (Å²) in [6.45, 7) is 0.537. The van der Waals surface area contributed by atoms with Crippen molar-refractivity contribution in [3.05, 3.63) is 23.8 Å². The van der Waals surface area contributed by atoms with Crippen LogP contribution in [0.3, 0.4) is 0 Å². The van der Waals surface area contributed by atoms with Crippen molar-refractivity contribution < 1.29 is 9.47 Å². The Bertz CT molecular complexity index is 374. The lowest BCUT2D eigenvalue weighted by Crippen LogP contribution is -1.99. The molecule has 0 unspecified atom stereocenters. The van der Waals surface area contributed by atoms with Crippen molar-refractivity contribution in [2.75, 3.05) is 13.7 Å². The molecule has 0 aliphatic rings. The second-order valence-electron chi connectivity index (χ2n) is 3.23. The molecule has 0 aromatic heterocycles. The summed E-state index contributed by atoms with van der Waals surface area (Å²) in [4.78, 5) is 0. The van der Waals surface area contributed by atoms with Crippen LogP contribution >= 0.6 is 15.9 Å². The Hall–Kier alpha value is -1.21. The fraction of sp³-hybridized carbons (Fsp3) is 0.417. The Labute approximate surface area is 104 Å². The predicted molar refractivity (Wildman–Crippen MR) is 66.0 cm³/mol. The molecule has 0 spiro atoms. The number of ether oxygens (including phenoxy) is 2. The topological polar surface area (TPSA) is 42.2 Å². The molecule has 4 heteroatoms. The summed E-state index contributed by atoms with van der Waals surface area (Å²) in [7, 11) is 1.62. The van der Waals surface area contributed by atoms with Crippen LogP contribution in [0.25, 0.3) is 0 Å². The van der Waals surface area contributed by atoms with E-state index >= 15 is 0 Å². The van der Waals surface area contributed by atoms with Gasteiger partial charge in [-0.25, -0.2) is 0 Å². The number of alkyl halides is 1. The minimum Gasteiger partial charge on any atom is -0.493 e. The maximum Gasteiger partial charge on any atom is 0.161 e. The Morgan fingerprint density at radius 1 is 1.38 bits per heavy atom. The number of benzene rings is 1. The fourth-order valence-electron chi connectivity index (χ4n) is 1.25. The van der Waals surface area contributed by atoms with Gasteiger partial charge in [0.2, 0.25) is 0 Å². The summed E-state index contributed by atoms with van der Waals surface area (Å²) in [6.07, 6.45) is 1.25. The zero-order valence-corrected chi connectivity index (χ0v) is 10.8. The highest BCUT2D eigenvalue weighted by molar-refractivity contribution is 9.08. The molecule has 0 N–H and O–H groups in total. The molecular formula is C12H14BrNO2. The lowest BCUT2D eigenvalue weighted by Gasteiger charge is -2.11. The molecule has 0 saturated heterocycles. The number of hydrogen-bond donors (Lipinski definition) is 0. The van der Waals surface area contributed by atoms with Gasteiger partial charge in [-0.1, -0.05) is 22.0 Å². The van der Waals surface area contributed by atoms with E-state index in [0.717, 1.165) is 28.8 Å². The lowest BCUT2D eigenvalue weighted by molar-refractivity contribution is 0.290. The van der Waals surface area contributed by atoms with Crippen LogP contribution < -0.4 is 9.47 Å². The minimum atomic E-state index is 0.514. The maximum atomic E-state index is 8.41. The first-order chi connectivity index (χ1) is 7.81. The first-order valence-electron chi connectivity index (χ1n) is 5.04. The Morgan fingerprint density at radius 3 is 2.81 bits per heavy atom. The van der Waals surface area contributed by atoms with Crippen LogP contribution in [-0.4, -0.2) is 13.7 Å². The van der Waals surface area contributed by atoms with Crippen molar-refractivity contribution in [2.45, 2.75) is 18.2 Å². The predicted octanol–water partition coefficient (Wildman–Crippen LogP) is 3.27. The smallest absolute Gasteiger partial charge is 0.161 e. The second-order valence-corrected chi connectivity index (χ2v) is 3.79. The molecule has 0 aliphatic carbocycles. The van der Waals surface area contributed by atoms with E-state index in [-0.39, 0.29) is 0 Å². The van der Waals surface area contributed by atoms with E-state index in [9.17, 15) is 0 Å². The molecule has 0 aliphatic heterocycles. The molecular weight excluding hydrogens is 270 g/mol. The molecule has 0 radical (unpaired) electrons. The summed E-state index contributed by atoms with van der Waals surface area (Å²) in [5.74, 6) is 1.46. The van der Waals surface area contributed by atoms with E-state index in [0.29, 0.717) is 13.0 Å². The lowest BCUT2D eigenvalue weighted by atomic mass is 10.2. The molecule has 0 saturated carbocycles. The van der Waals surface area contributed by atoms with Gasteiger partial charge in [0.1, 0.15) is 0 Å². The second kappa shape index (κ2) is 7.13. The van der Waals surface area contributed by atoms with E-state index < -0.39 is 0 Å². The number of rotatable bonds is 6. The molecule has 1 rings (SSSR count). The van der Waals surface area contributed by atoms with Gasteiger partial charge < -0.3 is 9.47 Å². The van der Waals surface area contributed by atoms with Crippen LogP contribution in [0.1, 0.15) is 18.4 Å². The first-order valence-corrected chi connectivity index (χ1v) is 6.16. The Kier molecular flexibility index (Phi) is 5.73. The average Bonchev–Trinajstić information content (AvgIpc) is 2.34. The molecule has 0 amide bonds.